The molecule has 6 nitrogen and oxygen atoms in total. The van der Waals surface area contributed by atoms with Gasteiger partial charge in [0.25, 0.3) is 0 Å². The predicted octanol–water partition coefficient (Wildman–Crippen LogP) is 1.44. The molecule has 1 aliphatic heterocycles. The lowest BCUT2D eigenvalue weighted by Gasteiger charge is -2.29. The first-order valence-corrected chi connectivity index (χ1v) is 6.53. The van der Waals surface area contributed by atoms with E-state index in [0.29, 0.717) is 30.3 Å². The maximum atomic E-state index is 12.2. The molecular formula is C14H21ClN2O4. The van der Waals surface area contributed by atoms with Crippen molar-refractivity contribution in [2.24, 2.45) is 0 Å². The Labute approximate surface area is 130 Å². The van der Waals surface area contributed by atoms with Gasteiger partial charge in [0, 0.05) is 30.4 Å². The van der Waals surface area contributed by atoms with Crippen LogP contribution in [0.15, 0.2) is 18.2 Å². The highest BCUT2D eigenvalue weighted by Crippen LogP contribution is 2.26. The quantitative estimate of drug-likeness (QED) is 0.880. The number of morpholine rings is 1. The number of halogens is 1. The maximum absolute atomic E-state index is 12.2. The lowest BCUT2D eigenvalue weighted by atomic mass is 10.1. The van der Waals surface area contributed by atoms with Gasteiger partial charge in [0.15, 0.2) is 0 Å². The number of anilines is 1. The van der Waals surface area contributed by atoms with Crippen LogP contribution in [0.25, 0.3) is 0 Å². The van der Waals surface area contributed by atoms with E-state index in [0.717, 1.165) is 0 Å². The van der Waals surface area contributed by atoms with Crippen molar-refractivity contribution in [3.63, 3.8) is 0 Å². The van der Waals surface area contributed by atoms with Gasteiger partial charge in [0.05, 0.1) is 26.9 Å². The van der Waals surface area contributed by atoms with Crippen LogP contribution in [0, 0.1) is 0 Å². The van der Waals surface area contributed by atoms with E-state index in [1.807, 2.05) is 6.92 Å². The Kier molecular flexibility index (Phi) is 6.74. The van der Waals surface area contributed by atoms with Gasteiger partial charge in [-0.15, -0.1) is 12.4 Å². The molecule has 7 heteroatoms. The van der Waals surface area contributed by atoms with Crippen LogP contribution in [0.3, 0.4) is 0 Å². The molecule has 0 aromatic heterocycles. The Morgan fingerprint density at radius 1 is 1.29 bits per heavy atom. The molecule has 1 amide bonds. The van der Waals surface area contributed by atoms with Crippen molar-refractivity contribution < 1.29 is 19.0 Å². The number of benzene rings is 1. The smallest absolute Gasteiger partial charge is 0.244 e. The van der Waals surface area contributed by atoms with E-state index in [2.05, 4.69) is 10.6 Å². The number of carbonyl (C=O) groups excluding carboxylic acids is 1. The number of nitrogens with one attached hydrogen (secondary N) is 2. The second kappa shape index (κ2) is 8.07. The highest BCUT2D eigenvalue weighted by molar-refractivity contribution is 5.95. The standard InChI is InChI=1S/C14H20N2O4.ClH/c1-9-13(15-4-5-20-9)14(17)16-10-6-11(18-2)8-12(7-10)19-3;/h6-9,13,15H,4-5H2,1-3H3,(H,16,17);1H/t9-,13+;/m1./s1. The molecule has 2 rings (SSSR count). The Morgan fingerprint density at radius 2 is 1.90 bits per heavy atom. The number of ether oxygens (including phenoxy) is 3. The van der Waals surface area contributed by atoms with Gasteiger partial charge < -0.3 is 24.8 Å². The average Bonchev–Trinajstić information content (AvgIpc) is 2.47. The van der Waals surface area contributed by atoms with Gasteiger partial charge in [-0.3, -0.25) is 4.79 Å². The molecule has 21 heavy (non-hydrogen) atoms. The topological polar surface area (TPSA) is 68.8 Å². The number of carbonyl (C=O) groups is 1. The molecular weight excluding hydrogens is 296 g/mol. The molecule has 1 aliphatic rings. The Morgan fingerprint density at radius 3 is 2.43 bits per heavy atom. The molecule has 2 N–H and O–H groups in total. The Hall–Kier alpha value is -1.50. The van der Waals surface area contributed by atoms with Crippen LogP contribution in [0.1, 0.15) is 6.92 Å². The first kappa shape index (κ1) is 17.6. The molecule has 1 fully saturated rings. The normalized spacial score (nSPS) is 21.1. The summed E-state index contributed by atoms with van der Waals surface area (Å²) in [7, 11) is 3.14. The Bertz CT molecular complexity index is 462. The summed E-state index contributed by atoms with van der Waals surface area (Å²) in [5.41, 5.74) is 0.630. The SMILES string of the molecule is COc1cc(NC(=O)[C@H]2NCCO[C@@H]2C)cc(OC)c1.Cl. The third-order valence-corrected chi connectivity index (χ3v) is 3.22. The van der Waals surface area contributed by atoms with Crippen LogP contribution in [0.5, 0.6) is 11.5 Å². The summed E-state index contributed by atoms with van der Waals surface area (Å²) in [4.78, 5) is 12.2. The van der Waals surface area contributed by atoms with E-state index in [-0.39, 0.29) is 30.5 Å². The maximum Gasteiger partial charge on any atom is 0.244 e. The molecule has 1 heterocycles. The predicted molar refractivity (Wildman–Crippen MR) is 82.6 cm³/mol. The van der Waals surface area contributed by atoms with Crippen LogP contribution < -0.4 is 20.1 Å². The van der Waals surface area contributed by atoms with E-state index in [4.69, 9.17) is 14.2 Å². The largest absolute Gasteiger partial charge is 0.497 e. The molecule has 1 aromatic rings. The Balaban J connectivity index is 0.00000220. The van der Waals surface area contributed by atoms with Crippen molar-refractivity contribution in [1.82, 2.24) is 5.32 Å². The molecule has 118 valence electrons. The van der Waals surface area contributed by atoms with Gasteiger partial charge in [-0.1, -0.05) is 0 Å². The number of hydrogen-bond acceptors (Lipinski definition) is 5. The van der Waals surface area contributed by atoms with Crippen LogP contribution in [-0.4, -0.2) is 45.4 Å². The number of hydrogen-bond donors (Lipinski definition) is 2. The third-order valence-electron chi connectivity index (χ3n) is 3.22. The molecule has 2 atom stereocenters. The monoisotopic (exact) mass is 316 g/mol. The fraction of sp³-hybridized carbons (Fsp3) is 0.500. The van der Waals surface area contributed by atoms with Crippen molar-refractivity contribution >= 4 is 24.0 Å². The zero-order valence-corrected chi connectivity index (χ0v) is 13.2. The molecule has 0 unspecified atom stereocenters. The van der Waals surface area contributed by atoms with E-state index < -0.39 is 0 Å². The van der Waals surface area contributed by atoms with Gasteiger partial charge >= 0.3 is 0 Å². The molecule has 0 radical (unpaired) electrons. The van der Waals surface area contributed by atoms with E-state index >= 15 is 0 Å². The van der Waals surface area contributed by atoms with Gasteiger partial charge in [-0.2, -0.15) is 0 Å². The summed E-state index contributed by atoms with van der Waals surface area (Å²) in [6.07, 6.45) is -0.156. The summed E-state index contributed by atoms with van der Waals surface area (Å²) in [5, 5.41) is 6.00. The van der Waals surface area contributed by atoms with Crippen molar-refractivity contribution in [3.8, 4) is 11.5 Å². The second-order valence-electron chi connectivity index (χ2n) is 4.60. The summed E-state index contributed by atoms with van der Waals surface area (Å²) < 4.78 is 15.8. The molecule has 0 saturated carbocycles. The van der Waals surface area contributed by atoms with Crippen LogP contribution in [0.4, 0.5) is 5.69 Å². The number of methoxy groups -OCH3 is 2. The minimum atomic E-state index is -0.360. The molecule has 0 spiro atoms. The van der Waals surface area contributed by atoms with Crippen LogP contribution >= 0.6 is 12.4 Å². The number of amides is 1. The van der Waals surface area contributed by atoms with Gasteiger partial charge in [-0.25, -0.2) is 0 Å². The minimum Gasteiger partial charge on any atom is -0.497 e. The zero-order valence-electron chi connectivity index (χ0n) is 12.3. The molecule has 1 aromatic carbocycles. The fourth-order valence-electron chi connectivity index (χ4n) is 2.13. The van der Waals surface area contributed by atoms with Gasteiger partial charge in [-0.05, 0) is 6.92 Å². The van der Waals surface area contributed by atoms with E-state index in [9.17, 15) is 4.79 Å². The van der Waals surface area contributed by atoms with Crippen molar-refractivity contribution in [2.45, 2.75) is 19.1 Å². The molecule has 1 saturated heterocycles. The van der Waals surface area contributed by atoms with Crippen molar-refractivity contribution in [1.29, 1.82) is 0 Å². The van der Waals surface area contributed by atoms with Crippen LogP contribution in [-0.2, 0) is 9.53 Å². The minimum absolute atomic E-state index is 0. The molecule has 0 bridgehead atoms. The first-order chi connectivity index (χ1) is 9.63. The summed E-state index contributed by atoms with van der Waals surface area (Å²) in [6.45, 7) is 3.17. The highest BCUT2D eigenvalue weighted by Gasteiger charge is 2.28. The first-order valence-electron chi connectivity index (χ1n) is 6.53. The summed E-state index contributed by atoms with van der Waals surface area (Å²) >= 11 is 0. The highest BCUT2D eigenvalue weighted by atomic mass is 35.5. The summed E-state index contributed by atoms with van der Waals surface area (Å²) in [5.74, 6) is 1.12. The lowest BCUT2D eigenvalue weighted by Crippen LogP contribution is -2.53. The fourth-order valence-corrected chi connectivity index (χ4v) is 2.13. The average molecular weight is 317 g/mol. The summed E-state index contributed by atoms with van der Waals surface area (Å²) in [6, 6.07) is 4.88. The molecule has 0 aliphatic carbocycles. The van der Waals surface area contributed by atoms with Crippen molar-refractivity contribution in [3.05, 3.63) is 18.2 Å². The number of rotatable bonds is 4. The van der Waals surface area contributed by atoms with Gasteiger partial charge in [0.2, 0.25) is 5.91 Å². The van der Waals surface area contributed by atoms with Crippen LogP contribution in [0.2, 0.25) is 0 Å². The zero-order chi connectivity index (χ0) is 14.5. The van der Waals surface area contributed by atoms with Crippen molar-refractivity contribution in [2.75, 3.05) is 32.7 Å². The van der Waals surface area contributed by atoms with E-state index in [1.54, 1.807) is 32.4 Å². The van der Waals surface area contributed by atoms with E-state index in [1.165, 1.54) is 0 Å². The van der Waals surface area contributed by atoms with Gasteiger partial charge in [0.1, 0.15) is 17.5 Å². The lowest BCUT2D eigenvalue weighted by molar-refractivity contribution is -0.123. The third kappa shape index (κ3) is 4.49. The second-order valence-corrected chi connectivity index (χ2v) is 4.60.